The highest BCUT2D eigenvalue weighted by Gasteiger charge is 2.14. The second-order valence-corrected chi connectivity index (χ2v) is 5.70. The van der Waals surface area contributed by atoms with Gasteiger partial charge in [0.2, 0.25) is 0 Å². The van der Waals surface area contributed by atoms with Gasteiger partial charge in [0, 0.05) is 19.6 Å². The van der Waals surface area contributed by atoms with Crippen LogP contribution in [0.4, 0.5) is 0 Å². The van der Waals surface area contributed by atoms with Crippen molar-refractivity contribution >= 4 is 25.3 Å². The topological polar surface area (TPSA) is 66.0 Å². The van der Waals surface area contributed by atoms with Crippen molar-refractivity contribution in [1.82, 2.24) is 13.7 Å². The summed E-state index contributed by atoms with van der Waals surface area (Å²) >= 11 is 8.20. The summed E-state index contributed by atoms with van der Waals surface area (Å²) in [5, 5.41) is 0. The average Bonchev–Trinajstić information content (AvgIpc) is 2.47. The van der Waals surface area contributed by atoms with Crippen molar-refractivity contribution in [3.63, 3.8) is 0 Å². The molecule has 0 aromatic carbocycles. The summed E-state index contributed by atoms with van der Waals surface area (Å²) in [6, 6.07) is 0. The molecule has 0 amide bonds. The van der Waals surface area contributed by atoms with Crippen molar-refractivity contribution in [2.75, 3.05) is 11.5 Å². The fourth-order valence-electron chi connectivity index (χ4n) is 2.03. The molecule has 1 heterocycles. The van der Waals surface area contributed by atoms with Gasteiger partial charge in [0.25, 0.3) is 0 Å². The SMILES string of the molecule is CCCCn1c(=O)n(CCCS)c(=O)n(CCCS)c1=O. The van der Waals surface area contributed by atoms with Gasteiger partial charge in [-0.25, -0.2) is 28.1 Å². The Bertz CT molecular complexity index is 503. The van der Waals surface area contributed by atoms with E-state index >= 15 is 0 Å². The molecule has 0 aliphatic rings. The van der Waals surface area contributed by atoms with E-state index in [2.05, 4.69) is 25.3 Å². The molecule has 0 fully saturated rings. The van der Waals surface area contributed by atoms with Crippen molar-refractivity contribution in [1.29, 1.82) is 0 Å². The van der Waals surface area contributed by atoms with Gasteiger partial charge in [0.1, 0.15) is 0 Å². The third-order valence-corrected chi connectivity index (χ3v) is 3.83. The molecule has 120 valence electrons. The summed E-state index contributed by atoms with van der Waals surface area (Å²) in [4.78, 5) is 37.0. The predicted octanol–water partition coefficient (Wildman–Crippen LogP) is 0.612. The molecule has 0 bridgehead atoms. The Kier molecular flexibility index (Phi) is 7.95. The van der Waals surface area contributed by atoms with E-state index in [1.54, 1.807) is 0 Å². The van der Waals surface area contributed by atoms with Crippen molar-refractivity contribution in [3.8, 4) is 0 Å². The third-order valence-electron chi connectivity index (χ3n) is 3.20. The summed E-state index contributed by atoms with van der Waals surface area (Å²) in [5.41, 5.74) is -1.55. The van der Waals surface area contributed by atoms with Gasteiger partial charge in [-0.05, 0) is 30.8 Å². The van der Waals surface area contributed by atoms with E-state index < -0.39 is 17.1 Å². The van der Waals surface area contributed by atoms with Gasteiger partial charge in [-0.2, -0.15) is 25.3 Å². The maximum Gasteiger partial charge on any atom is 0.336 e. The van der Waals surface area contributed by atoms with Gasteiger partial charge >= 0.3 is 17.1 Å². The minimum absolute atomic E-state index is 0.286. The summed E-state index contributed by atoms with van der Waals surface area (Å²) < 4.78 is 3.46. The molecule has 8 heteroatoms. The summed E-state index contributed by atoms with van der Waals surface area (Å²) in [6.45, 7) is 2.90. The molecule has 0 atom stereocenters. The fourth-order valence-corrected chi connectivity index (χ4v) is 2.31. The highest BCUT2D eigenvalue weighted by molar-refractivity contribution is 7.80. The number of unbranched alkanes of at least 4 members (excludes halogenated alkanes) is 1. The number of aromatic nitrogens is 3. The molecule has 0 radical (unpaired) electrons. The zero-order valence-electron chi connectivity index (χ0n) is 12.3. The second kappa shape index (κ2) is 9.19. The number of rotatable bonds is 9. The molecule has 0 saturated heterocycles. The van der Waals surface area contributed by atoms with Crippen LogP contribution >= 0.6 is 25.3 Å². The molecular weight excluding hydrogens is 310 g/mol. The van der Waals surface area contributed by atoms with Crippen molar-refractivity contribution in [3.05, 3.63) is 31.5 Å². The first-order valence-corrected chi connectivity index (χ1v) is 8.51. The van der Waals surface area contributed by atoms with Gasteiger partial charge in [-0.15, -0.1) is 0 Å². The summed E-state index contributed by atoms with van der Waals surface area (Å²) in [6.07, 6.45) is 2.82. The first kappa shape index (κ1) is 18.2. The minimum atomic E-state index is -0.527. The maximum absolute atomic E-state index is 12.3. The monoisotopic (exact) mass is 333 g/mol. The molecule has 0 saturated carbocycles. The first-order chi connectivity index (χ1) is 10.1. The Hall–Kier alpha value is -0.890. The van der Waals surface area contributed by atoms with Crippen molar-refractivity contribution in [2.45, 2.75) is 52.2 Å². The van der Waals surface area contributed by atoms with Crippen LogP contribution < -0.4 is 17.1 Å². The van der Waals surface area contributed by atoms with Gasteiger partial charge < -0.3 is 0 Å². The van der Waals surface area contributed by atoms with Crippen LogP contribution in [0.5, 0.6) is 0 Å². The predicted molar refractivity (Wildman–Crippen MR) is 91.1 cm³/mol. The number of thiol groups is 2. The number of hydrogen-bond donors (Lipinski definition) is 2. The van der Waals surface area contributed by atoms with Crippen molar-refractivity contribution < 1.29 is 0 Å². The average molecular weight is 333 g/mol. The smallest absolute Gasteiger partial charge is 0.247 e. The van der Waals surface area contributed by atoms with Gasteiger partial charge in [-0.3, -0.25) is 0 Å². The van der Waals surface area contributed by atoms with Gasteiger partial charge in [0.15, 0.2) is 0 Å². The van der Waals surface area contributed by atoms with Crippen LogP contribution in [-0.2, 0) is 19.6 Å². The van der Waals surface area contributed by atoms with Crippen LogP contribution in [0.3, 0.4) is 0 Å². The Balaban J connectivity index is 3.39. The standard InChI is InChI=1S/C13H23N3O3S2/c1-2-3-6-14-11(17)15(7-4-9-20)13(19)16(12(14)18)8-5-10-21/h20-21H,2-10H2,1H3. The fraction of sp³-hybridized carbons (Fsp3) is 0.769. The van der Waals surface area contributed by atoms with E-state index in [9.17, 15) is 14.4 Å². The number of hydrogen-bond acceptors (Lipinski definition) is 5. The molecule has 0 spiro atoms. The lowest BCUT2D eigenvalue weighted by Crippen LogP contribution is -2.54. The van der Waals surface area contributed by atoms with Crippen LogP contribution in [0.1, 0.15) is 32.6 Å². The van der Waals surface area contributed by atoms with Gasteiger partial charge in [-0.1, -0.05) is 13.3 Å². The van der Waals surface area contributed by atoms with Crippen LogP contribution in [0.25, 0.3) is 0 Å². The molecular formula is C13H23N3O3S2. The molecule has 0 N–H and O–H groups in total. The highest BCUT2D eigenvalue weighted by Crippen LogP contribution is 1.91. The molecule has 6 nitrogen and oxygen atoms in total. The molecule has 21 heavy (non-hydrogen) atoms. The lowest BCUT2D eigenvalue weighted by atomic mass is 10.3. The molecule has 1 aromatic rings. The second-order valence-electron chi connectivity index (χ2n) is 4.81. The number of nitrogens with zero attached hydrogens (tertiary/aromatic N) is 3. The third kappa shape index (κ3) is 4.54. The van der Waals surface area contributed by atoms with Crippen LogP contribution in [0.2, 0.25) is 0 Å². The van der Waals surface area contributed by atoms with E-state index in [0.29, 0.717) is 30.9 Å². The molecule has 0 aliphatic heterocycles. The summed E-state index contributed by atoms with van der Waals surface area (Å²) in [5.74, 6) is 1.16. The lowest BCUT2D eigenvalue weighted by Gasteiger charge is -2.13. The molecule has 1 rings (SSSR count). The Morgan fingerprint density at radius 1 is 0.714 bits per heavy atom. The van der Waals surface area contributed by atoms with E-state index in [4.69, 9.17) is 0 Å². The normalized spacial score (nSPS) is 11.0. The zero-order chi connectivity index (χ0) is 15.8. The molecule has 1 aromatic heterocycles. The van der Waals surface area contributed by atoms with Crippen molar-refractivity contribution in [2.24, 2.45) is 0 Å². The summed E-state index contributed by atoms with van der Waals surface area (Å²) in [7, 11) is 0. The molecule has 0 unspecified atom stereocenters. The van der Waals surface area contributed by atoms with E-state index in [1.807, 2.05) is 6.92 Å². The first-order valence-electron chi connectivity index (χ1n) is 7.24. The van der Waals surface area contributed by atoms with E-state index in [0.717, 1.165) is 22.0 Å². The quantitative estimate of drug-likeness (QED) is 0.651. The van der Waals surface area contributed by atoms with E-state index in [-0.39, 0.29) is 13.1 Å². The zero-order valence-corrected chi connectivity index (χ0v) is 14.1. The minimum Gasteiger partial charge on any atom is -0.247 e. The highest BCUT2D eigenvalue weighted by atomic mass is 32.1. The van der Waals surface area contributed by atoms with E-state index in [1.165, 1.54) is 4.57 Å². The Labute approximate surface area is 134 Å². The molecule has 0 aliphatic carbocycles. The maximum atomic E-state index is 12.3. The largest absolute Gasteiger partial charge is 0.336 e. The van der Waals surface area contributed by atoms with Crippen LogP contribution in [0.15, 0.2) is 14.4 Å². The van der Waals surface area contributed by atoms with Crippen LogP contribution in [-0.4, -0.2) is 25.2 Å². The van der Waals surface area contributed by atoms with Gasteiger partial charge in [0.05, 0.1) is 0 Å². The van der Waals surface area contributed by atoms with Crippen LogP contribution in [0, 0.1) is 0 Å². The lowest BCUT2D eigenvalue weighted by molar-refractivity contribution is 0.434. The Morgan fingerprint density at radius 2 is 1.05 bits per heavy atom. The Morgan fingerprint density at radius 3 is 1.33 bits per heavy atom.